The summed E-state index contributed by atoms with van der Waals surface area (Å²) in [5.74, 6) is 0.617. The van der Waals surface area contributed by atoms with E-state index in [0.29, 0.717) is 34.1 Å². The maximum Gasteiger partial charge on any atom is 0.205 e. The number of ether oxygens (including phenoxy) is 4. The van der Waals surface area contributed by atoms with Gasteiger partial charge in [0.25, 0.3) is 0 Å². The maximum atomic E-state index is 12.4. The number of carbonyl (C=O) groups excluding carboxylic acids is 1. The van der Waals surface area contributed by atoms with Gasteiger partial charge in [-0.15, -0.1) is 0 Å². The summed E-state index contributed by atoms with van der Waals surface area (Å²) in [6, 6.07) is 5.59. The van der Waals surface area contributed by atoms with Gasteiger partial charge in [-0.25, -0.2) is 0 Å². The number of carbonyl (C=O) groups is 1. The minimum Gasteiger partial charge on any atom is -0.612 e. The first-order chi connectivity index (χ1) is 14.8. The number of rotatable bonds is 10. The summed E-state index contributed by atoms with van der Waals surface area (Å²) in [4.78, 5) is 12.3. The first kappa shape index (κ1) is 24.0. The van der Waals surface area contributed by atoms with Gasteiger partial charge in [-0.3, -0.25) is 4.79 Å². The molecule has 0 aromatic heterocycles. The molecule has 0 spiro atoms. The van der Waals surface area contributed by atoms with E-state index >= 15 is 0 Å². The van der Waals surface area contributed by atoms with Crippen LogP contribution in [0.4, 0.5) is 0 Å². The average Bonchev–Trinajstić information content (AvgIpc) is 2.75. The molecule has 166 valence electrons. The van der Waals surface area contributed by atoms with Gasteiger partial charge in [-0.05, 0) is 23.3 Å². The molecule has 0 radical (unpaired) electrons. The van der Waals surface area contributed by atoms with Gasteiger partial charge >= 0.3 is 0 Å². The predicted octanol–water partition coefficient (Wildman–Crippen LogP) is 3.13. The van der Waals surface area contributed by atoms with Crippen LogP contribution in [-0.2, 0) is 16.0 Å². The molecule has 1 atom stereocenters. The third-order valence-electron chi connectivity index (χ3n) is 4.16. The normalized spacial score (nSPS) is 12.2. The van der Waals surface area contributed by atoms with Crippen molar-refractivity contribution in [3.63, 3.8) is 0 Å². The zero-order chi connectivity index (χ0) is 23.0. The number of benzene rings is 2. The molecule has 8 nitrogen and oxygen atoms in total. The number of methoxy groups -OCH3 is 4. The Hall–Kier alpha value is -3.30. The predicted molar refractivity (Wildman–Crippen MR) is 119 cm³/mol. The monoisotopic (exact) mass is 448 g/mol. The number of aromatic hydroxyl groups is 2. The smallest absolute Gasteiger partial charge is 0.205 e. The van der Waals surface area contributed by atoms with Crippen LogP contribution in [0, 0.1) is 0 Å². The van der Waals surface area contributed by atoms with Gasteiger partial charge in [0.2, 0.25) is 5.78 Å². The SMILES string of the molecule is COc1cc(O)cc(OC)c1/C=C\C(=O)C[S+]([O-])/C=C/c1c(OC)cc(O)cc1OC. The van der Waals surface area contributed by atoms with Crippen molar-refractivity contribution in [3.05, 3.63) is 46.9 Å². The topological polar surface area (TPSA) is 118 Å². The van der Waals surface area contributed by atoms with Crippen LogP contribution in [0.25, 0.3) is 12.2 Å². The van der Waals surface area contributed by atoms with E-state index in [1.54, 1.807) is 0 Å². The molecule has 0 aliphatic rings. The van der Waals surface area contributed by atoms with Gasteiger partial charge in [0.1, 0.15) is 39.9 Å². The number of ketones is 1. The van der Waals surface area contributed by atoms with E-state index in [9.17, 15) is 19.6 Å². The van der Waals surface area contributed by atoms with Crippen LogP contribution < -0.4 is 18.9 Å². The Bertz CT molecular complexity index is 933. The zero-order valence-electron chi connectivity index (χ0n) is 17.6. The first-order valence-electron chi connectivity index (χ1n) is 8.99. The minimum absolute atomic E-state index is 0.0348. The molecule has 2 aromatic carbocycles. The fraction of sp³-hybridized carbons (Fsp3) is 0.227. The molecule has 0 fully saturated rings. The van der Waals surface area contributed by atoms with Crippen molar-refractivity contribution in [2.45, 2.75) is 0 Å². The zero-order valence-corrected chi connectivity index (χ0v) is 18.4. The second-order valence-corrected chi connectivity index (χ2v) is 7.48. The molecule has 1 unspecified atom stereocenters. The van der Waals surface area contributed by atoms with Crippen LogP contribution in [0.3, 0.4) is 0 Å². The Labute approximate surface area is 183 Å². The standard InChI is InChI=1S/C22H24O8S/c1-27-19-9-15(24)10-20(28-2)17(19)6-5-14(23)13-31(26)8-7-18-21(29-3)11-16(25)12-22(18)30-4/h5-12,24-25H,13H2,1-4H3/b6-5-,8-7+. The molecule has 2 aromatic rings. The summed E-state index contributed by atoms with van der Waals surface area (Å²) in [6.45, 7) is 0. The maximum absolute atomic E-state index is 12.4. The second-order valence-electron chi connectivity index (χ2n) is 6.16. The Balaban J connectivity index is 2.14. The van der Waals surface area contributed by atoms with Crippen LogP contribution >= 0.6 is 0 Å². The van der Waals surface area contributed by atoms with Crippen LogP contribution in [0.5, 0.6) is 34.5 Å². The molecule has 0 saturated heterocycles. The molecule has 2 rings (SSSR count). The van der Waals surface area contributed by atoms with E-state index in [1.807, 2.05) is 0 Å². The average molecular weight is 448 g/mol. The number of allylic oxidation sites excluding steroid dienone is 1. The van der Waals surface area contributed by atoms with E-state index in [0.717, 1.165) is 0 Å². The Morgan fingerprint density at radius 2 is 1.23 bits per heavy atom. The van der Waals surface area contributed by atoms with Crippen molar-refractivity contribution in [2.24, 2.45) is 0 Å². The van der Waals surface area contributed by atoms with Crippen LogP contribution in [0.1, 0.15) is 11.1 Å². The number of hydrogen-bond acceptors (Lipinski definition) is 8. The van der Waals surface area contributed by atoms with E-state index in [2.05, 4.69) is 0 Å². The van der Waals surface area contributed by atoms with Crippen LogP contribution in [0.15, 0.2) is 35.7 Å². The van der Waals surface area contributed by atoms with E-state index in [-0.39, 0.29) is 23.0 Å². The van der Waals surface area contributed by atoms with Crippen molar-refractivity contribution < 1.29 is 38.5 Å². The highest BCUT2D eigenvalue weighted by atomic mass is 32.2. The fourth-order valence-electron chi connectivity index (χ4n) is 2.74. The number of phenolic OH excluding ortho intramolecular Hbond substituents is 2. The Kier molecular flexibility index (Phi) is 8.65. The van der Waals surface area contributed by atoms with Gasteiger partial charge in [-0.1, -0.05) is 0 Å². The van der Waals surface area contributed by atoms with E-state index in [4.69, 9.17) is 18.9 Å². The lowest BCUT2D eigenvalue weighted by Gasteiger charge is -2.11. The number of hydrogen-bond donors (Lipinski definition) is 2. The third-order valence-corrected chi connectivity index (χ3v) is 5.17. The lowest BCUT2D eigenvalue weighted by Crippen LogP contribution is -2.11. The summed E-state index contributed by atoms with van der Waals surface area (Å²) in [7, 11) is 5.73. The molecule has 0 aliphatic carbocycles. The van der Waals surface area contributed by atoms with Gasteiger partial charge in [0, 0.05) is 30.3 Å². The number of phenols is 2. The highest BCUT2D eigenvalue weighted by molar-refractivity contribution is 7.95. The van der Waals surface area contributed by atoms with Crippen molar-refractivity contribution in [3.8, 4) is 34.5 Å². The summed E-state index contributed by atoms with van der Waals surface area (Å²) in [5, 5.41) is 20.7. The molecule has 0 heterocycles. The Morgan fingerprint density at radius 1 is 0.839 bits per heavy atom. The van der Waals surface area contributed by atoms with Crippen molar-refractivity contribution in [2.75, 3.05) is 34.2 Å². The van der Waals surface area contributed by atoms with E-state index < -0.39 is 11.2 Å². The second kappa shape index (κ2) is 11.2. The summed E-state index contributed by atoms with van der Waals surface area (Å²) in [6.07, 6.45) is 4.26. The van der Waals surface area contributed by atoms with Gasteiger partial charge < -0.3 is 33.7 Å². The molecule has 0 saturated carbocycles. The molecular weight excluding hydrogens is 424 g/mol. The third kappa shape index (κ3) is 6.34. The minimum atomic E-state index is -1.61. The molecule has 31 heavy (non-hydrogen) atoms. The summed E-state index contributed by atoms with van der Waals surface area (Å²) in [5.41, 5.74) is 0.953. The van der Waals surface area contributed by atoms with Crippen molar-refractivity contribution in [1.82, 2.24) is 0 Å². The fourth-order valence-corrected chi connectivity index (χ4v) is 3.50. The van der Waals surface area contributed by atoms with Crippen LogP contribution in [0.2, 0.25) is 0 Å². The molecular formula is C22H24O8S. The summed E-state index contributed by atoms with van der Waals surface area (Å²) >= 11 is -1.61. The molecule has 9 heteroatoms. The first-order valence-corrected chi connectivity index (χ1v) is 10.4. The van der Waals surface area contributed by atoms with Crippen molar-refractivity contribution >= 4 is 29.1 Å². The van der Waals surface area contributed by atoms with E-state index in [1.165, 1.54) is 76.3 Å². The van der Waals surface area contributed by atoms with Crippen molar-refractivity contribution in [1.29, 1.82) is 0 Å². The molecule has 0 aliphatic heterocycles. The Morgan fingerprint density at radius 3 is 1.61 bits per heavy atom. The molecule has 2 N–H and O–H groups in total. The lowest BCUT2D eigenvalue weighted by atomic mass is 10.1. The summed E-state index contributed by atoms with van der Waals surface area (Å²) < 4.78 is 33.2. The van der Waals surface area contributed by atoms with Gasteiger partial charge in [0.15, 0.2) is 5.75 Å². The van der Waals surface area contributed by atoms with Gasteiger partial charge in [-0.2, -0.15) is 0 Å². The molecule has 0 amide bonds. The quantitative estimate of drug-likeness (QED) is 0.421. The lowest BCUT2D eigenvalue weighted by molar-refractivity contribution is -0.112. The highest BCUT2D eigenvalue weighted by Gasteiger charge is 2.14. The van der Waals surface area contributed by atoms with Crippen LogP contribution in [-0.4, -0.2) is 54.7 Å². The largest absolute Gasteiger partial charge is 0.612 e. The molecule has 0 bridgehead atoms. The van der Waals surface area contributed by atoms with Gasteiger partial charge in [0.05, 0.1) is 39.6 Å². The highest BCUT2D eigenvalue weighted by Crippen LogP contribution is 2.35.